The minimum Gasteiger partial charge on any atom is -0.271 e. The largest absolute Gasteiger partial charge is 0.271 e. The molecular formula is C13H15FN4. The Kier molecular flexibility index (Phi) is 3.96. The van der Waals surface area contributed by atoms with Crippen LogP contribution in [0.25, 0.3) is 0 Å². The molecule has 94 valence electrons. The molecule has 0 bridgehead atoms. The maximum Gasteiger partial charge on any atom is 0.146 e. The van der Waals surface area contributed by atoms with Crippen molar-refractivity contribution >= 4 is 0 Å². The van der Waals surface area contributed by atoms with E-state index in [4.69, 9.17) is 5.84 Å². The topological polar surface area (TPSA) is 63.8 Å². The van der Waals surface area contributed by atoms with Gasteiger partial charge in [0.2, 0.25) is 0 Å². The highest BCUT2D eigenvalue weighted by atomic mass is 19.1. The molecule has 1 heterocycles. The number of aryl methyl sites for hydroxylation is 1. The minimum atomic E-state index is -0.256. The van der Waals surface area contributed by atoms with Gasteiger partial charge in [-0.15, -0.1) is 0 Å². The zero-order valence-corrected chi connectivity index (χ0v) is 10.1. The molecule has 2 rings (SSSR count). The van der Waals surface area contributed by atoms with Crippen molar-refractivity contribution in [2.24, 2.45) is 5.84 Å². The maximum absolute atomic E-state index is 13.1. The molecule has 3 N–H and O–H groups in total. The number of rotatable bonds is 4. The Morgan fingerprint density at radius 2 is 2.06 bits per heavy atom. The average Bonchev–Trinajstić information content (AvgIpc) is 2.37. The zero-order valence-electron chi connectivity index (χ0n) is 10.1. The predicted octanol–water partition coefficient (Wildman–Crippen LogP) is 1.67. The van der Waals surface area contributed by atoms with Gasteiger partial charge in [-0.05, 0) is 36.6 Å². The number of nitrogens with two attached hydrogens (primary N) is 1. The van der Waals surface area contributed by atoms with Crippen molar-refractivity contribution in [3.05, 3.63) is 59.4 Å². The summed E-state index contributed by atoms with van der Waals surface area (Å²) in [4.78, 5) is 8.44. The molecule has 0 saturated carbocycles. The quantitative estimate of drug-likeness (QED) is 0.636. The van der Waals surface area contributed by atoms with E-state index in [2.05, 4.69) is 15.4 Å². The van der Waals surface area contributed by atoms with Crippen molar-refractivity contribution < 1.29 is 4.39 Å². The molecule has 0 aliphatic rings. The fourth-order valence-corrected chi connectivity index (χ4v) is 1.71. The lowest BCUT2D eigenvalue weighted by atomic mass is 10.1. The second-order valence-electron chi connectivity index (χ2n) is 4.17. The lowest BCUT2D eigenvalue weighted by molar-refractivity contribution is 0.520. The molecule has 1 unspecified atom stereocenters. The van der Waals surface area contributed by atoms with Gasteiger partial charge in [0.25, 0.3) is 0 Å². The van der Waals surface area contributed by atoms with E-state index in [9.17, 15) is 4.39 Å². The maximum atomic E-state index is 13.1. The molecule has 1 atom stereocenters. The van der Waals surface area contributed by atoms with Gasteiger partial charge >= 0.3 is 0 Å². The van der Waals surface area contributed by atoms with Crippen LogP contribution < -0.4 is 11.3 Å². The van der Waals surface area contributed by atoms with Gasteiger partial charge in [0.1, 0.15) is 11.6 Å². The fourth-order valence-electron chi connectivity index (χ4n) is 1.71. The highest BCUT2D eigenvalue weighted by Gasteiger charge is 2.13. The van der Waals surface area contributed by atoms with Crippen LogP contribution in [0.1, 0.15) is 23.0 Å². The van der Waals surface area contributed by atoms with Gasteiger partial charge in [0, 0.05) is 12.4 Å². The molecule has 2 aromatic rings. The average molecular weight is 246 g/mol. The van der Waals surface area contributed by atoms with E-state index in [0.29, 0.717) is 12.2 Å². The summed E-state index contributed by atoms with van der Waals surface area (Å²) in [6, 6.07) is 6.19. The van der Waals surface area contributed by atoms with Crippen LogP contribution in [0.4, 0.5) is 4.39 Å². The van der Waals surface area contributed by atoms with Crippen LogP contribution in [0.2, 0.25) is 0 Å². The molecule has 0 saturated heterocycles. The summed E-state index contributed by atoms with van der Waals surface area (Å²) >= 11 is 0. The highest BCUT2D eigenvalue weighted by Crippen LogP contribution is 2.15. The number of aromatic nitrogens is 2. The SMILES string of the molecule is Cc1cnc(C(Cc2cccc(F)c2)NN)nc1. The first-order chi connectivity index (χ1) is 8.69. The van der Waals surface area contributed by atoms with Gasteiger partial charge in [-0.3, -0.25) is 5.84 Å². The van der Waals surface area contributed by atoms with E-state index in [1.807, 2.05) is 13.0 Å². The Labute approximate surface area is 105 Å². The summed E-state index contributed by atoms with van der Waals surface area (Å²) in [5, 5.41) is 0. The molecule has 0 spiro atoms. The van der Waals surface area contributed by atoms with Crippen LogP contribution in [0, 0.1) is 12.7 Å². The predicted molar refractivity (Wildman–Crippen MR) is 66.9 cm³/mol. The zero-order chi connectivity index (χ0) is 13.0. The van der Waals surface area contributed by atoms with E-state index < -0.39 is 0 Å². The van der Waals surface area contributed by atoms with E-state index in [0.717, 1.165) is 11.1 Å². The van der Waals surface area contributed by atoms with Crippen molar-refractivity contribution in [1.29, 1.82) is 0 Å². The third kappa shape index (κ3) is 3.09. The van der Waals surface area contributed by atoms with Gasteiger partial charge in [0.15, 0.2) is 0 Å². The van der Waals surface area contributed by atoms with Gasteiger partial charge in [0.05, 0.1) is 6.04 Å². The smallest absolute Gasteiger partial charge is 0.146 e. The summed E-state index contributed by atoms with van der Waals surface area (Å²) < 4.78 is 13.1. The Morgan fingerprint density at radius 3 is 2.67 bits per heavy atom. The highest BCUT2D eigenvalue weighted by molar-refractivity contribution is 5.19. The molecule has 0 radical (unpaired) electrons. The lowest BCUT2D eigenvalue weighted by Crippen LogP contribution is -2.31. The summed E-state index contributed by atoms with van der Waals surface area (Å²) in [7, 11) is 0. The third-order valence-corrected chi connectivity index (χ3v) is 2.64. The number of hydrazine groups is 1. The first kappa shape index (κ1) is 12.6. The van der Waals surface area contributed by atoms with E-state index >= 15 is 0 Å². The Morgan fingerprint density at radius 1 is 1.33 bits per heavy atom. The molecule has 0 aliphatic carbocycles. The Hall–Kier alpha value is -1.85. The molecule has 5 heteroatoms. The first-order valence-corrected chi connectivity index (χ1v) is 5.68. The van der Waals surface area contributed by atoms with E-state index in [-0.39, 0.29) is 11.9 Å². The molecule has 4 nitrogen and oxygen atoms in total. The number of nitrogens with zero attached hydrogens (tertiary/aromatic N) is 2. The number of hydrogen-bond acceptors (Lipinski definition) is 4. The van der Waals surface area contributed by atoms with Crippen LogP contribution in [0.5, 0.6) is 0 Å². The summed E-state index contributed by atoms with van der Waals surface area (Å²) in [5.41, 5.74) is 4.49. The lowest BCUT2D eigenvalue weighted by Gasteiger charge is -2.14. The number of hydrogen-bond donors (Lipinski definition) is 2. The molecule has 18 heavy (non-hydrogen) atoms. The minimum absolute atomic E-state index is 0.229. The van der Waals surface area contributed by atoms with E-state index in [1.165, 1.54) is 12.1 Å². The van der Waals surface area contributed by atoms with Crippen LogP contribution in [-0.4, -0.2) is 9.97 Å². The van der Waals surface area contributed by atoms with Crippen LogP contribution in [0.15, 0.2) is 36.7 Å². The van der Waals surface area contributed by atoms with Crippen molar-refractivity contribution in [2.45, 2.75) is 19.4 Å². The van der Waals surface area contributed by atoms with Crippen molar-refractivity contribution in [3.8, 4) is 0 Å². The van der Waals surface area contributed by atoms with Gasteiger partial charge in [-0.2, -0.15) is 0 Å². The molecular weight excluding hydrogens is 231 g/mol. The van der Waals surface area contributed by atoms with E-state index in [1.54, 1.807) is 18.5 Å². The standard InChI is InChI=1S/C13H15FN4/c1-9-7-16-13(17-8-9)12(18-15)6-10-3-2-4-11(14)5-10/h2-5,7-8,12,18H,6,15H2,1H3. The summed E-state index contributed by atoms with van der Waals surface area (Å²) in [6.07, 6.45) is 4.01. The van der Waals surface area contributed by atoms with Crippen molar-refractivity contribution in [3.63, 3.8) is 0 Å². The van der Waals surface area contributed by atoms with Crippen LogP contribution in [0.3, 0.4) is 0 Å². The number of nitrogens with one attached hydrogen (secondary N) is 1. The molecule has 1 aromatic heterocycles. The summed E-state index contributed by atoms with van der Waals surface area (Å²) in [5.74, 6) is 5.85. The fraction of sp³-hybridized carbons (Fsp3) is 0.231. The molecule has 0 amide bonds. The summed E-state index contributed by atoms with van der Waals surface area (Å²) in [6.45, 7) is 1.92. The Balaban J connectivity index is 2.17. The second kappa shape index (κ2) is 5.66. The molecule has 0 fully saturated rings. The molecule has 0 aliphatic heterocycles. The van der Waals surface area contributed by atoms with Gasteiger partial charge in [-0.25, -0.2) is 19.8 Å². The third-order valence-electron chi connectivity index (χ3n) is 2.64. The monoisotopic (exact) mass is 246 g/mol. The number of benzene rings is 1. The normalized spacial score (nSPS) is 12.4. The number of halogens is 1. The molecule has 1 aromatic carbocycles. The van der Waals surface area contributed by atoms with Crippen LogP contribution in [-0.2, 0) is 6.42 Å². The first-order valence-electron chi connectivity index (χ1n) is 5.68. The van der Waals surface area contributed by atoms with Crippen LogP contribution >= 0.6 is 0 Å². The van der Waals surface area contributed by atoms with Gasteiger partial charge in [-0.1, -0.05) is 12.1 Å². The van der Waals surface area contributed by atoms with Gasteiger partial charge < -0.3 is 0 Å². The van der Waals surface area contributed by atoms with Crippen molar-refractivity contribution in [1.82, 2.24) is 15.4 Å². The van der Waals surface area contributed by atoms with Crippen molar-refractivity contribution in [2.75, 3.05) is 0 Å². The second-order valence-corrected chi connectivity index (χ2v) is 4.17. The Bertz CT molecular complexity index is 513.